The summed E-state index contributed by atoms with van der Waals surface area (Å²) in [6.45, 7) is 7.88. The Hall–Kier alpha value is -2.43. The summed E-state index contributed by atoms with van der Waals surface area (Å²) in [5.41, 5.74) is 3.55. The number of aromatic nitrogens is 2. The van der Waals surface area contributed by atoms with Crippen molar-refractivity contribution in [1.29, 1.82) is 0 Å². The molecule has 2 rings (SSSR count). The summed E-state index contributed by atoms with van der Waals surface area (Å²) in [6.07, 6.45) is 0.447. The molecule has 0 radical (unpaired) electrons. The normalized spacial score (nSPS) is 12.0. The zero-order valence-corrected chi connectivity index (χ0v) is 14.0. The molecule has 0 saturated carbocycles. The van der Waals surface area contributed by atoms with Gasteiger partial charge in [0.1, 0.15) is 0 Å². The second-order valence-electron chi connectivity index (χ2n) is 5.50. The molecule has 0 spiro atoms. The van der Waals surface area contributed by atoms with E-state index in [1.165, 1.54) is 10.7 Å². The van der Waals surface area contributed by atoms with Crippen LogP contribution in [0.1, 0.15) is 37.4 Å². The van der Waals surface area contributed by atoms with Crippen LogP contribution in [0.25, 0.3) is 11.3 Å². The number of rotatable bonds is 5. The summed E-state index contributed by atoms with van der Waals surface area (Å²) in [4.78, 5) is 24.2. The average Bonchev–Trinajstić information content (AvgIpc) is 2.50. The minimum atomic E-state index is -0.701. The Labute approximate surface area is 135 Å². The second-order valence-corrected chi connectivity index (χ2v) is 5.50. The number of esters is 1. The first-order valence-corrected chi connectivity index (χ1v) is 7.82. The van der Waals surface area contributed by atoms with Crippen LogP contribution >= 0.6 is 0 Å². The molecule has 1 aromatic carbocycles. The van der Waals surface area contributed by atoms with Crippen LogP contribution in [0.2, 0.25) is 0 Å². The third-order valence-electron chi connectivity index (χ3n) is 3.72. The van der Waals surface area contributed by atoms with Crippen LogP contribution in [0.4, 0.5) is 0 Å². The van der Waals surface area contributed by atoms with Crippen LogP contribution in [0.15, 0.2) is 35.1 Å². The standard InChI is InChI=1S/C18H22N2O3/c1-5-16(18(22)23-6-2)20-17(21)10-9-15(19-20)14-8-7-12(3)11-13(14)4/h7-11,16H,5-6H2,1-4H3. The molecule has 0 amide bonds. The summed E-state index contributed by atoms with van der Waals surface area (Å²) in [5, 5.41) is 4.41. The molecule has 1 atom stereocenters. The van der Waals surface area contributed by atoms with Gasteiger partial charge in [0.15, 0.2) is 6.04 Å². The molecule has 0 aliphatic rings. The Morgan fingerprint density at radius 1 is 1.22 bits per heavy atom. The maximum atomic E-state index is 12.1. The van der Waals surface area contributed by atoms with Gasteiger partial charge in [0.25, 0.3) is 5.56 Å². The molecule has 1 heterocycles. The van der Waals surface area contributed by atoms with Gasteiger partial charge in [-0.1, -0.05) is 30.7 Å². The number of benzene rings is 1. The van der Waals surface area contributed by atoms with E-state index in [2.05, 4.69) is 11.2 Å². The van der Waals surface area contributed by atoms with Crippen molar-refractivity contribution in [2.75, 3.05) is 6.61 Å². The molecule has 1 aromatic heterocycles. The van der Waals surface area contributed by atoms with Gasteiger partial charge in [0, 0.05) is 11.6 Å². The van der Waals surface area contributed by atoms with Gasteiger partial charge in [-0.2, -0.15) is 5.10 Å². The van der Waals surface area contributed by atoms with Gasteiger partial charge in [-0.25, -0.2) is 9.48 Å². The fraction of sp³-hybridized carbons (Fsp3) is 0.389. The van der Waals surface area contributed by atoms with Crippen LogP contribution < -0.4 is 5.56 Å². The van der Waals surface area contributed by atoms with E-state index in [4.69, 9.17) is 4.74 Å². The molecular formula is C18H22N2O3. The molecular weight excluding hydrogens is 292 g/mol. The number of aryl methyl sites for hydroxylation is 2. The topological polar surface area (TPSA) is 61.2 Å². The van der Waals surface area contributed by atoms with Crippen LogP contribution in [0.3, 0.4) is 0 Å². The smallest absolute Gasteiger partial charge is 0.331 e. The van der Waals surface area contributed by atoms with Crippen molar-refractivity contribution < 1.29 is 9.53 Å². The molecule has 0 aliphatic heterocycles. The fourth-order valence-corrected chi connectivity index (χ4v) is 2.57. The first kappa shape index (κ1) is 16.9. The number of ether oxygens (including phenoxy) is 1. The molecule has 5 nitrogen and oxygen atoms in total. The third kappa shape index (κ3) is 3.67. The lowest BCUT2D eigenvalue weighted by Gasteiger charge is -2.16. The lowest BCUT2D eigenvalue weighted by atomic mass is 10.0. The first-order chi connectivity index (χ1) is 11.0. The molecule has 122 valence electrons. The maximum absolute atomic E-state index is 12.1. The summed E-state index contributed by atoms with van der Waals surface area (Å²) in [7, 11) is 0. The molecule has 0 aliphatic carbocycles. The molecule has 23 heavy (non-hydrogen) atoms. The zero-order valence-electron chi connectivity index (χ0n) is 14.0. The van der Waals surface area contributed by atoms with E-state index in [9.17, 15) is 9.59 Å². The third-order valence-corrected chi connectivity index (χ3v) is 3.72. The quantitative estimate of drug-likeness (QED) is 0.796. The molecule has 1 unspecified atom stereocenters. The highest BCUT2D eigenvalue weighted by atomic mass is 16.5. The van der Waals surface area contributed by atoms with Gasteiger partial charge in [-0.05, 0) is 38.8 Å². The largest absolute Gasteiger partial charge is 0.464 e. The Kier molecular flexibility index (Phi) is 5.32. The number of carbonyl (C=O) groups excluding carboxylic acids is 1. The van der Waals surface area contributed by atoms with Crippen molar-refractivity contribution in [2.24, 2.45) is 0 Å². The van der Waals surface area contributed by atoms with Gasteiger partial charge in [-0.15, -0.1) is 0 Å². The number of hydrogen-bond acceptors (Lipinski definition) is 4. The minimum absolute atomic E-state index is 0.279. The van der Waals surface area contributed by atoms with Crippen molar-refractivity contribution >= 4 is 5.97 Å². The van der Waals surface area contributed by atoms with Gasteiger partial charge in [0.05, 0.1) is 12.3 Å². The van der Waals surface area contributed by atoms with Gasteiger partial charge in [0.2, 0.25) is 0 Å². The monoisotopic (exact) mass is 314 g/mol. The van der Waals surface area contributed by atoms with E-state index in [0.717, 1.165) is 16.7 Å². The number of hydrogen-bond donors (Lipinski definition) is 0. The molecule has 5 heteroatoms. The number of nitrogens with zero attached hydrogens (tertiary/aromatic N) is 2. The van der Waals surface area contributed by atoms with Crippen molar-refractivity contribution in [2.45, 2.75) is 40.2 Å². The van der Waals surface area contributed by atoms with Crippen LogP contribution in [-0.2, 0) is 9.53 Å². The number of carbonyl (C=O) groups is 1. The lowest BCUT2D eigenvalue weighted by Crippen LogP contribution is -2.32. The van der Waals surface area contributed by atoms with Crippen molar-refractivity contribution in [1.82, 2.24) is 9.78 Å². The van der Waals surface area contributed by atoms with Crippen LogP contribution in [0.5, 0.6) is 0 Å². The van der Waals surface area contributed by atoms with E-state index in [1.807, 2.05) is 32.9 Å². The van der Waals surface area contributed by atoms with Crippen molar-refractivity contribution in [3.63, 3.8) is 0 Å². The lowest BCUT2D eigenvalue weighted by molar-refractivity contribution is -0.147. The summed E-state index contributed by atoms with van der Waals surface area (Å²) in [6, 6.07) is 8.48. The summed E-state index contributed by atoms with van der Waals surface area (Å²) >= 11 is 0. The summed E-state index contributed by atoms with van der Waals surface area (Å²) in [5.74, 6) is -0.428. The van der Waals surface area contributed by atoms with E-state index in [-0.39, 0.29) is 12.2 Å². The van der Waals surface area contributed by atoms with E-state index < -0.39 is 12.0 Å². The van der Waals surface area contributed by atoms with Gasteiger partial charge >= 0.3 is 5.97 Å². The van der Waals surface area contributed by atoms with E-state index in [0.29, 0.717) is 12.1 Å². The Bertz CT molecular complexity index is 765. The minimum Gasteiger partial charge on any atom is -0.464 e. The van der Waals surface area contributed by atoms with Crippen molar-refractivity contribution in [3.8, 4) is 11.3 Å². The molecule has 0 bridgehead atoms. The second kappa shape index (κ2) is 7.22. The highest BCUT2D eigenvalue weighted by Gasteiger charge is 2.22. The van der Waals surface area contributed by atoms with Crippen LogP contribution in [-0.4, -0.2) is 22.4 Å². The van der Waals surface area contributed by atoms with Crippen LogP contribution in [0, 0.1) is 13.8 Å². The highest BCUT2D eigenvalue weighted by Crippen LogP contribution is 2.22. The zero-order chi connectivity index (χ0) is 17.0. The molecule has 0 N–H and O–H groups in total. The average molecular weight is 314 g/mol. The first-order valence-electron chi connectivity index (χ1n) is 7.82. The Morgan fingerprint density at radius 2 is 1.96 bits per heavy atom. The molecule has 2 aromatic rings. The van der Waals surface area contributed by atoms with Gasteiger partial charge < -0.3 is 4.74 Å². The maximum Gasteiger partial charge on any atom is 0.331 e. The van der Waals surface area contributed by atoms with Crippen molar-refractivity contribution in [3.05, 3.63) is 51.8 Å². The predicted octanol–water partition coefficient (Wildman–Crippen LogP) is 3.04. The van der Waals surface area contributed by atoms with Gasteiger partial charge in [-0.3, -0.25) is 4.79 Å². The predicted molar refractivity (Wildman–Crippen MR) is 89.4 cm³/mol. The highest BCUT2D eigenvalue weighted by molar-refractivity contribution is 5.74. The Balaban J connectivity index is 2.50. The SMILES string of the molecule is CCOC(=O)C(CC)n1nc(-c2ccc(C)cc2C)ccc1=O. The fourth-order valence-electron chi connectivity index (χ4n) is 2.57. The Morgan fingerprint density at radius 3 is 2.57 bits per heavy atom. The van der Waals surface area contributed by atoms with E-state index in [1.54, 1.807) is 13.0 Å². The molecule has 0 fully saturated rings. The molecule has 0 saturated heterocycles. The van der Waals surface area contributed by atoms with E-state index >= 15 is 0 Å². The summed E-state index contributed by atoms with van der Waals surface area (Å²) < 4.78 is 6.28.